The molecule has 2 aliphatic carbocycles. The van der Waals surface area contributed by atoms with Crippen molar-refractivity contribution in [3.8, 4) is 0 Å². The molecule has 204 valence electrons. The zero-order valence-corrected chi connectivity index (χ0v) is 24.2. The summed E-state index contributed by atoms with van der Waals surface area (Å²) in [4.78, 5) is 24.3. The molecule has 3 fully saturated rings. The van der Waals surface area contributed by atoms with Crippen LogP contribution in [0.5, 0.6) is 0 Å². The molecule has 8 nitrogen and oxygen atoms in total. The molecule has 1 unspecified atom stereocenters. The lowest BCUT2D eigenvalue weighted by Gasteiger charge is -2.38. The Morgan fingerprint density at radius 1 is 1.25 bits per heavy atom. The molecule has 0 radical (unpaired) electrons. The summed E-state index contributed by atoms with van der Waals surface area (Å²) in [7, 11) is 3.96. The van der Waals surface area contributed by atoms with E-state index in [2.05, 4.69) is 58.4 Å². The third-order valence-corrected chi connectivity index (χ3v) is 8.01. The Morgan fingerprint density at radius 3 is 2.28 bits per heavy atom. The second-order valence-corrected chi connectivity index (χ2v) is 11.0. The van der Waals surface area contributed by atoms with Crippen molar-refractivity contribution in [1.82, 2.24) is 24.7 Å². The number of likely N-dealkylation sites (N-methyl/N-ethyl adjacent to an activating group) is 1. The van der Waals surface area contributed by atoms with Gasteiger partial charge in [-0.15, -0.1) is 0 Å². The Morgan fingerprint density at radius 2 is 1.83 bits per heavy atom. The summed E-state index contributed by atoms with van der Waals surface area (Å²) in [6.45, 7) is 16.4. The molecule has 3 heterocycles. The highest BCUT2D eigenvalue weighted by atomic mass is 32.2. The van der Waals surface area contributed by atoms with Crippen molar-refractivity contribution in [2.24, 2.45) is 16.6 Å². The number of carbonyl (C=O) groups is 1. The van der Waals surface area contributed by atoms with Crippen LogP contribution in [-0.4, -0.2) is 84.8 Å². The molecule has 0 aromatic carbocycles. The van der Waals surface area contributed by atoms with Crippen LogP contribution in [0.2, 0.25) is 0 Å². The van der Waals surface area contributed by atoms with Gasteiger partial charge < -0.3 is 25.8 Å². The third kappa shape index (κ3) is 8.85. The van der Waals surface area contributed by atoms with E-state index in [1.165, 1.54) is 32.1 Å². The first-order chi connectivity index (χ1) is 17.3. The normalized spacial score (nSPS) is 23.9. The van der Waals surface area contributed by atoms with Gasteiger partial charge >= 0.3 is 0 Å². The zero-order valence-electron chi connectivity index (χ0n) is 23.3. The molecule has 0 spiro atoms. The number of nitrogens with two attached hydrogens (primary N) is 1. The number of piperazine rings is 1. The average molecular weight is 520 g/mol. The summed E-state index contributed by atoms with van der Waals surface area (Å²) >= 11 is 1.65. The van der Waals surface area contributed by atoms with E-state index >= 15 is 0 Å². The fraction of sp³-hybridized carbons (Fsp3) is 0.704. The van der Waals surface area contributed by atoms with E-state index in [-0.39, 0.29) is 17.5 Å². The topological polar surface area (TPSA) is 89.2 Å². The first-order valence-electron chi connectivity index (χ1n) is 13.5. The van der Waals surface area contributed by atoms with E-state index in [4.69, 9.17) is 5.73 Å². The minimum atomic E-state index is -0.377. The van der Waals surface area contributed by atoms with Gasteiger partial charge in [-0.1, -0.05) is 46.6 Å². The number of carbonyl (C=O) groups excluding carboxylic acids is 1. The highest BCUT2D eigenvalue weighted by molar-refractivity contribution is 8.01. The number of nitrogens with zero attached hydrogens (tertiary/aromatic N) is 4. The first kappa shape index (κ1) is 30.3. The van der Waals surface area contributed by atoms with Crippen LogP contribution in [0.3, 0.4) is 0 Å². The fourth-order valence-electron chi connectivity index (χ4n) is 3.88. The van der Waals surface area contributed by atoms with E-state index in [1.54, 1.807) is 18.1 Å². The summed E-state index contributed by atoms with van der Waals surface area (Å²) in [6, 6.07) is -0.377. The number of amides is 1. The predicted molar refractivity (Wildman–Crippen MR) is 154 cm³/mol. The van der Waals surface area contributed by atoms with E-state index in [1.807, 2.05) is 32.0 Å². The maximum atomic E-state index is 11.8. The predicted octanol–water partition coefficient (Wildman–Crippen LogP) is 3.51. The molecule has 1 atom stereocenters. The lowest BCUT2D eigenvalue weighted by Crippen LogP contribution is -2.49. The number of rotatable bonds is 6. The summed E-state index contributed by atoms with van der Waals surface area (Å²) in [6.07, 6.45) is 12.7. The van der Waals surface area contributed by atoms with E-state index in [9.17, 15) is 4.79 Å². The van der Waals surface area contributed by atoms with E-state index < -0.39 is 0 Å². The van der Waals surface area contributed by atoms with Crippen molar-refractivity contribution in [2.75, 3.05) is 46.8 Å². The van der Waals surface area contributed by atoms with Gasteiger partial charge in [-0.2, -0.15) is 0 Å². The maximum Gasteiger partial charge on any atom is 0.242 e. The standard InChI is InChI=1S/C17H26N6OS.C5H10.C3H7N.C2H6/c1-17(3-4-17)20-25-12-9-13(22-7-5-21(2)6-8-22)16-19-10-14(15(18)24)23(16)11-12;1-5-3-2-4-5;1-3-4-2;1-2/h9,11,14,20H,3-8,10H2,1-2H3,(H2,18,24);5H,2-4H2,1H3;3-4H,1H2,2H3;1-2H3. The van der Waals surface area contributed by atoms with Gasteiger partial charge in [0.2, 0.25) is 5.91 Å². The van der Waals surface area contributed by atoms with Crippen LogP contribution in [0.25, 0.3) is 0 Å². The lowest BCUT2D eigenvalue weighted by atomic mass is 9.88. The average Bonchev–Trinajstić information content (AvgIpc) is 3.45. The molecule has 1 saturated heterocycles. The molecular formula is C27H49N7OS. The summed E-state index contributed by atoms with van der Waals surface area (Å²) in [5, 5.41) is 2.69. The van der Waals surface area contributed by atoms with Crippen LogP contribution in [0.1, 0.15) is 59.8 Å². The zero-order chi connectivity index (χ0) is 26.7. The van der Waals surface area contributed by atoms with Crippen molar-refractivity contribution >= 4 is 23.7 Å². The molecule has 1 amide bonds. The molecule has 3 aliphatic heterocycles. The molecule has 36 heavy (non-hydrogen) atoms. The molecule has 0 aromatic rings. The van der Waals surface area contributed by atoms with Gasteiger partial charge in [0, 0.05) is 49.9 Å². The van der Waals surface area contributed by atoms with Gasteiger partial charge in [-0.05, 0) is 57.0 Å². The van der Waals surface area contributed by atoms with Crippen molar-refractivity contribution in [3.05, 3.63) is 35.7 Å². The lowest BCUT2D eigenvalue weighted by molar-refractivity contribution is -0.120. The molecule has 5 rings (SSSR count). The number of nitrogens with one attached hydrogen (secondary N) is 2. The SMILES string of the molecule is C=CNC.CC.CC1CCC1.CN1CCN(C2=CC(SNC3(C)CC3)=CN3C2=NCC3C(N)=O)CC1. The number of allylic oxidation sites excluding steroid dienone is 1. The quantitative estimate of drug-likeness (QED) is 0.463. The van der Waals surface area contributed by atoms with Crippen molar-refractivity contribution in [1.29, 1.82) is 0 Å². The highest BCUT2D eigenvalue weighted by Crippen LogP contribution is 2.39. The molecule has 4 N–H and O–H groups in total. The molecule has 9 heteroatoms. The summed E-state index contributed by atoms with van der Waals surface area (Å²) in [5.74, 6) is 1.63. The van der Waals surface area contributed by atoms with Gasteiger partial charge in [-0.25, -0.2) is 0 Å². The van der Waals surface area contributed by atoms with Crippen LogP contribution in [-0.2, 0) is 4.79 Å². The largest absolute Gasteiger partial charge is 0.394 e. The monoisotopic (exact) mass is 519 g/mol. The number of primary amides is 1. The summed E-state index contributed by atoms with van der Waals surface area (Å²) < 4.78 is 3.55. The van der Waals surface area contributed by atoms with Crippen LogP contribution in [0, 0.1) is 5.92 Å². The number of amidine groups is 1. The smallest absolute Gasteiger partial charge is 0.242 e. The maximum absolute atomic E-state index is 11.8. The van der Waals surface area contributed by atoms with Gasteiger partial charge in [0.1, 0.15) is 6.04 Å². The van der Waals surface area contributed by atoms with Crippen molar-refractivity contribution in [2.45, 2.75) is 71.4 Å². The van der Waals surface area contributed by atoms with E-state index in [0.717, 1.165) is 48.5 Å². The third-order valence-electron chi connectivity index (χ3n) is 6.95. The van der Waals surface area contributed by atoms with Gasteiger partial charge in [0.05, 0.1) is 12.2 Å². The Hall–Kier alpha value is -1.97. The molecule has 0 aromatic heterocycles. The fourth-order valence-corrected chi connectivity index (χ4v) is 4.78. The van der Waals surface area contributed by atoms with Gasteiger partial charge in [0.25, 0.3) is 0 Å². The Bertz CT molecular complexity index is 809. The second kappa shape index (κ2) is 14.7. The van der Waals surface area contributed by atoms with Crippen molar-refractivity contribution in [3.63, 3.8) is 0 Å². The minimum absolute atomic E-state index is 0.246. The van der Waals surface area contributed by atoms with Crippen LogP contribution in [0.4, 0.5) is 0 Å². The van der Waals surface area contributed by atoms with Crippen LogP contribution in [0.15, 0.2) is 40.6 Å². The van der Waals surface area contributed by atoms with Crippen molar-refractivity contribution < 1.29 is 4.79 Å². The minimum Gasteiger partial charge on any atom is -0.394 e. The molecular weight excluding hydrogens is 470 g/mol. The Balaban J connectivity index is 0.000000349. The number of fused-ring (bicyclic) bond motifs is 1. The Labute approximate surface area is 223 Å². The second-order valence-electron chi connectivity index (χ2n) is 10.1. The first-order valence-corrected chi connectivity index (χ1v) is 14.3. The van der Waals surface area contributed by atoms with E-state index in [0.29, 0.717) is 6.54 Å². The molecule has 2 saturated carbocycles. The highest BCUT2D eigenvalue weighted by Gasteiger charge is 2.39. The molecule has 5 aliphatic rings. The Kier molecular flexibility index (Phi) is 12.3. The number of hydrogen-bond donors (Lipinski definition) is 3. The van der Waals surface area contributed by atoms with Gasteiger partial charge in [0.15, 0.2) is 5.84 Å². The van der Waals surface area contributed by atoms with Crippen LogP contribution >= 0.6 is 11.9 Å². The number of hydrogen-bond acceptors (Lipinski definition) is 8. The van der Waals surface area contributed by atoms with Gasteiger partial charge in [-0.3, -0.25) is 14.5 Å². The number of aliphatic imine (C=N–C) groups is 1. The van der Waals surface area contributed by atoms with Crippen LogP contribution < -0.4 is 15.8 Å². The summed E-state index contributed by atoms with van der Waals surface area (Å²) in [5.41, 5.74) is 6.96. The molecule has 0 bridgehead atoms.